The highest BCUT2D eigenvalue weighted by atomic mass is 16.5. The van der Waals surface area contributed by atoms with Gasteiger partial charge in [0, 0.05) is 12.8 Å². The Hall–Kier alpha value is -1.88. The number of carbonyl (C=O) groups is 2. The Bertz CT molecular complexity index is 494. The fraction of sp³-hybridized carbons (Fsp3) is 0.500. The highest BCUT2D eigenvalue weighted by molar-refractivity contribution is 6.01. The third-order valence-electron chi connectivity index (χ3n) is 3.54. The number of carbonyl (C=O) groups excluding carboxylic acids is 2. The Morgan fingerprint density at radius 1 is 1.14 bits per heavy atom. The lowest BCUT2D eigenvalue weighted by Crippen LogP contribution is -2.38. The van der Waals surface area contributed by atoms with Gasteiger partial charge in [-0.3, -0.25) is 14.5 Å². The summed E-state index contributed by atoms with van der Waals surface area (Å²) in [6.07, 6.45) is -0.396. The average molecular weight is 291 g/mol. The number of benzene rings is 1. The van der Waals surface area contributed by atoms with E-state index in [0.29, 0.717) is 11.7 Å². The van der Waals surface area contributed by atoms with E-state index in [4.69, 9.17) is 4.74 Å². The average Bonchev–Trinajstić information content (AvgIpc) is 2.77. The number of nitrogens with zero attached hydrogens (tertiary/aromatic N) is 1. The van der Waals surface area contributed by atoms with Crippen LogP contribution in [0, 0.1) is 0 Å². The molecule has 1 fully saturated rings. The van der Waals surface area contributed by atoms with Crippen LogP contribution in [-0.4, -0.2) is 41.1 Å². The van der Waals surface area contributed by atoms with E-state index in [1.807, 2.05) is 24.3 Å². The fourth-order valence-corrected chi connectivity index (χ4v) is 2.23. The SMILES string of the molecule is CC(C)c1ccc(OCC(O)CN2C(=O)CCC2=O)cc1. The molecular weight excluding hydrogens is 270 g/mol. The molecule has 1 N–H and O–H groups in total. The van der Waals surface area contributed by atoms with Crippen molar-refractivity contribution in [3.8, 4) is 5.75 Å². The van der Waals surface area contributed by atoms with E-state index in [2.05, 4.69) is 13.8 Å². The van der Waals surface area contributed by atoms with Crippen molar-refractivity contribution in [2.24, 2.45) is 0 Å². The highest BCUT2D eigenvalue weighted by Gasteiger charge is 2.30. The largest absolute Gasteiger partial charge is 0.491 e. The number of hydrogen-bond donors (Lipinski definition) is 1. The van der Waals surface area contributed by atoms with Crippen LogP contribution < -0.4 is 4.74 Å². The summed E-state index contributed by atoms with van der Waals surface area (Å²) in [4.78, 5) is 24.0. The number of rotatable bonds is 6. The number of ether oxygens (including phenoxy) is 1. The molecule has 0 aromatic heterocycles. The van der Waals surface area contributed by atoms with Gasteiger partial charge in [-0.25, -0.2) is 0 Å². The van der Waals surface area contributed by atoms with Crippen LogP contribution in [0.4, 0.5) is 0 Å². The van der Waals surface area contributed by atoms with Crippen molar-refractivity contribution in [2.45, 2.75) is 38.7 Å². The molecule has 1 aliphatic rings. The number of aliphatic hydroxyl groups excluding tert-OH is 1. The topological polar surface area (TPSA) is 66.8 Å². The van der Waals surface area contributed by atoms with Crippen molar-refractivity contribution in [1.29, 1.82) is 0 Å². The van der Waals surface area contributed by atoms with Crippen LogP contribution in [0.15, 0.2) is 24.3 Å². The van der Waals surface area contributed by atoms with Gasteiger partial charge in [-0.15, -0.1) is 0 Å². The Labute approximate surface area is 124 Å². The summed E-state index contributed by atoms with van der Waals surface area (Å²) in [7, 11) is 0. The Kier molecular flexibility index (Phi) is 4.96. The first-order chi connectivity index (χ1) is 9.97. The fourth-order valence-electron chi connectivity index (χ4n) is 2.23. The van der Waals surface area contributed by atoms with Gasteiger partial charge in [0.1, 0.15) is 18.5 Å². The van der Waals surface area contributed by atoms with Gasteiger partial charge in [0.25, 0.3) is 0 Å². The van der Waals surface area contributed by atoms with Crippen LogP contribution in [0.1, 0.15) is 38.2 Å². The van der Waals surface area contributed by atoms with Gasteiger partial charge >= 0.3 is 0 Å². The van der Waals surface area contributed by atoms with Crippen molar-refractivity contribution in [3.63, 3.8) is 0 Å². The quantitative estimate of drug-likeness (QED) is 0.810. The molecule has 5 nitrogen and oxygen atoms in total. The number of hydrogen-bond acceptors (Lipinski definition) is 4. The number of β-amino-alcohol motifs (C(OH)–C–C–N with tert-alkyl or cyclic N) is 1. The zero-order chi connectivity index (χ0) is 15.4. The monoisotopic (exact) mass is 291 g/mol. The van der Waals surface area contributed by atoms with Crippen molar-refractivity contribution in [2.75, 3.05) is 13.2 Å². The van der Waals surface area contributed by atoms with Crippen molar-refractivity contribution < 1.29 is 19.4 Å². The molecule has 0 radical (unpaired) electrons. The third kappa shape index (κ3) is 4.04. The second kappa shape index (κ2) is 6.72. The van der Waals surface area contributed by atoms with Crippen molar-refractivity contribution in [3.05, 3.63) is 29.8 Å². The maximum atomic E-state index is 11.4. The number of amides is 2. The normalized spacial score (nSPS) is 16.7. The van der Waals surface area contributed by atoms with Gasteiger partial charge in [-0.2, -0.15) is 0 Å². The summed E-state index contributed by atoms with van der Waals surface area (Å²) < 4.78 is 5.48. The molecule has 1 unspecified atom stereocenters. The summed E-state index contributed by atoms with van der Waals surface area (Å²) in [5, 5.41) is 9.88. The molecular formula is C16H21NO4. The second-order valence-corrected chi connectivity index (χ2v) is 5.59. The molecule has 0 aliphatic carbocycles. The van der Waals surface area contributed by atoms with Gasteiger partial charge in [0.05, 0.1) is 6.54 Å². The number of imide groups is 1. The lowest BCUT2D eigenvalue weighted by atomic mass is 10.0. The van der Waals surface area contributed by atoms with Crippen LogP contribution in [0.5, 0.6) is 5.75 Å². The summed E-state index contributed by atoms with van der Waals surface area (Å²) in [5.74, 6) is 0.676. The minimum Gasteiger partial charge on any atom is -0.491 e. The number of likely N-dealkylation sites (tertiary alicyclic amines) is 1. The standard InChI is InChI=1S/C16H21NO4/c1-11(2)12-3-5-14(6-4-12)21-10-13(18)9-17-15(19)7-8-16(17)20/h3-6,11,13,18H,7-10H2,1-2H3. The van der Waals surface area contributed by atoms with Crippen LogP contribution in [0.2, 0.25) is 0 Å². The lowest BCUT2D eigenvalue weighted by molar-refractivity contribution is -0.140. The van der Waals surface area contributed by atoms with Crippen LogP contribution in [-0.2, 0) is 9.59 Å². The molecule has 2 rings (SSSR count). The highest BCUT2D eigenvalue weighted by Crippen LogP contribution is 2.19. The van der Waals surface area contributed by atoms with Crippen molar-refractivity contribution >= 4 is 11.8 Å². The van der Waals surface area contributed by atoms with Crippen LogP contribution in [0.3, 0.4) is 0 Å². The molecule has 21 heavy (non-hydrogen) atoms. The first kappa shape index (κ1) is 15.5. The maximum absolute atomic E-state index is 11.4. The Morgan fingerprint density at radius 3 is 2.24 bits per heavy atom. The number of aliphatic hydroxyl groups is 1. The molecule has 1 saturated heterocycles. The van der Waals surface area contributed by atoms with E-state index in [1.165, 1.54) is 5.56 Å². The summed E-state index contributed by atoms with van der Waals surface area (Å²) in [5.41, 5.74) is 1.22. The molecule has 5 heteroatoms. The minimum atomic E-state index is -0.874. The van der Waals surface area contributed by atoms with E-state index in [0.717, 1.165) is 4.90 Å². The second-order valence-electron chi connectivity index (χ2n) is 5.59. The molecule has 1 aromatic rings. The zero-order valence-corrected chi connectivity index (χ0v) is 12.4. The predicted octanol–water partition coefficient (Wildman–Crippen LogP) is 1.70. The Balaban J connectivity index is 1.82. The summed E-state index contributed by atoms with van der Waals surface area (Å²) in [6, 6.07) is 7.68. The first-order valence-electron chi connectivity index (χ1n) is 7.21. The molecule has 1 aliphatic heterocycles. The van der Waals surface area contributed by atoms with Gasteiger partial charge in [-0.05, 0) is 23.6 Å². The van der Waals surface area contributed by atoms with E-state index < -0.39 is 6.10 Å². The van der Waals surface area contributed by atoms with E-state index in [9.17, 15) is 14.7 Å². The molecule has 0 bridgehead atoms. The molecule has 1 atom stereocenters. The Morgan fingerprint density at radius 2 is 1.71 bits per heavy atom. The van der Waals surface area contributed by atoms with Crippen LogP contribution >= 0.6 is 0 Å². The molecule has 0 saturated carbocycles. The lowest BCUT2D eigenvalue weighted by Gasteiger charge is -2.19. The van der Waals surface area contributed by atoms with E-state index in [-0.39, 0.29) is 37.8 Å². The van der Waals surface area contributed by atoms with E-state index >= 15 is 0 Å². The first-order valence-corrected chi connectivity index (χ1v) is 7.21. The minimum absolute atomic E-state index is 0.00173. The van der Waals surface area contributed by atoms with Gasteiger partial charge < -0.3 is 9.84 Å². The molecule has 0 spiro atoms. The van der Waals surface area contributed by atoms with Gasteiger partial charge in [-0.1, -0.05) is 26.0 Å². The molecule has 2 amide bonds. The predicted molar refractivity (Wildman–Crippen MR) is 78.0 cm³/mol. The van der Waals surface area contributed by atoms with Crippen LogP contribution in [0.25, 0.3) is 0 Å². The molecule has 1 aromatic carbocycles. The van der Waals surface area contributed by atoms with Gasteiger partial charge in [0.2, 0.25) is 11.8 Å². The zero-order valence-electron chi connectivity index (χ0n) is 12.4. The summed E-state index contributed by atoms with van der Waals surface area (Å²) in [6.45, 7) is 4.28. The van der Waals surface area contributed by atoms with Gasteiger partial charge in [0.15, 0.2) is 0 Å². The molecule has 1 heterocycles. The summed E-state index contributed by atoms with van der Waals surface area (Å²) >= 11 is 0. The van der Waals surface area contributed by atoms with Crippen molar-refractivity contribution in [1.82, 2.24) is 4.90 Å². The third-order valence-corrected chi connectivity index (χ3v) is 3.54. The maximum Gasteiger partial charge on any atom is 0.229 e. The smallest absolute Gasteiger partial charge is 0.229 e. The molecule has 114 valence electrons. The van der Waals surface area contributed by atoms with E-state index in [1.54, 1.807) is 0 Å².